The summed E-state index contributed by atoms with van der Waals surface area (Å²) in [5.41, 5.74) is 11.3. The highest BCUT2D eigenvalue weighted by Crippen LogP contribution is 2.42. The highest BCUT2D eigenvalue weighted by atomic mass is 15.3. The molecule has 7 aromatic carbocycles. The van der Waals surface area contributed by atoms with E-state index in [0.717, 1.165) is 88.8 Å². The van der Waals surface area contributed by atoms with Gasteiger partial charge in [0, 0.05) is 51.5 Å². The fraction of sp³-hybridized carbons (Fsp3) is 0.0392. The first-order valence-electron chi connectivity index (χ1n) is 19.3. The molecule has 1 aliphatic heterocycles. The molecule has 11 rings (SSSR count). The minimum Gasteiger partial charge on any atom is -0.348 e. The van der Waals surface area contributed by atoms with Crippen LogP contribution in [0, 0.1) is 0 Å². The maximum absolute atomic E-state index is 5.61. The molecule has 0 fully saturated rings. The third-order valence-electron chi connectivity index (χ3n) is 11.2. The van der Waals surface area contributed by atoms with Crippen molar-refractivity contribution < 1.29 is 0 Å². The number of fused-ring (bicyclic) bond motifs is 7. The molecule has 1 atom stereocenters. The summed E-state index contributed by atoms with van der Waals surface area (Å²) in [5.74, 6) is 1.47. The van der Waals surface area contributed by atoms with Gasteiger partial charge in [-0.15, -0.1) is 0 Å². The third-order valence-corrected chi connectivity index (χ3v) is 11.2. The van der Waals surface area contributed by atoms with Gasteiger partial charge < -0.3 is 4.90 Å². The zero-order valence-electron chi connectivity index (χ0n) is 31.2. The summed E-state index contributed by atoms with van der Waals surface area (Å²) in [6.45, 7) is 0. The van der Waals surface area contributed by atoms with Gasteiger partial charge in [0.1, 0.15) is 12.0 Å². The number of benzene rings is 7. The van der Waals surface area contributed by atoms with Crippen LogP contribution in [-0.2, 0) is 0 Å². The summed E-state index contributed by atoms with van der Waals surface area (Å²) >= 11 is 0. The van der Waals surface area contributed by atoms with E-state index in [4.69, 9.17) is 15.0 Å². The lowest BCUT2D eigenvalue weighted by molar-refractivity contribution is 0.363. The van der Waals surface area contributed by atoms with Crippen LogP contribution in [0.3, 0.4) is 0 Å². The maximum Gasteiger partial charge on any atom is 0.235 e. The van der Waals surface area contributed by atoms with Gasteiger partial charge in [0.25, 0.3) is 0 Å². The Morgan fingerprint density at radius 3 is 1.46 bits per heavy atom. The number of hydrogen-bond acceptors (Lipinski definition) is 4. The SMILES string of the molecule is CN1C(c2ccccc2)=CC(n2c3ccccc3c3ccc4c5ccccc5n(-c5nc(-c6ccccc6)cc(-c6ccccc6)n5)c4c32)=NC1c1ccccc1. The van der Waals surface area contributed by atoms with Crippen LogP contribution in [0.4, 0.5) is 0 Å². The van der Waals surface area contributed by atoms with Gasteiger partial charge in [-0.25, -0.2) is 15.0 Å². The Morgan fingerprint density at radius 2 is 0.895 bits per heavy atom. The second-order valence-corrected chi connectivity index (χ2v) is 14.5. The van der Waals surface area contributed by atoms with Gasteiger partial charge in [-0.3, -0.25) is 9.13 Å². The van der Waals surface area contributed by atoms with E-state index in [9.17, 15) is 0 Å². The lowest BCUT2D eigenvalue weighted by Crippen LogP contribution is -2.29. The largest absolute Gasteiger partial charge is 0.348 e. The normalized spacial score (nSPS) is 14.4. The molecule has 4 heterocycles. The number of allylic oxidation sites excluding steroid dienone is 1. The topological polar surface area (TPSA) is 51.2 Å². The zero-order valence-corrected chi connectivity index (χ0v) is 31.2. The van der Waals surface area contributed by atoms with E-state index in [-0.39, 0.29) is 6.17 Å². The molecule has 0 saturated heterocycles. The van der Waals surface area contributed by atoms with Gasteiger partial charge in [-0.05, 0) is 29.3 Å². The number of hydrogen-bond donors (Lipinski definition) is 0. The second kappa shape index (κ2) is 13.3. The average molecular weight is 733 g/mol. The van der Waals surface area contributed by atoms with Crippen LogP contribution in [0.5, 0.6) is 0 Å². The van der Waals surface area contributed by atoms with Crippen molar-refractivity contribution >= 4 is 55.1 Å². The minimum absolute atomic E-state index is 0.248. The highest BCUT2D eigenvalue weighted by Gasteiger charge is 2.29. The lowest BCUT2D eigenvalue weighted by atomic mass is 10.1. The van der Waals surface area contributed by atoms with Gasteiger partial charge >= 0.3 is 0 Å². The number of para-hydroxylation sites is 2. The number of aliphatic imine (C=N–C) groups is 1. The van der Waals surface area contributed by atoms with E-state index in [1.165, 1.54) is 0 Å². The molecule has 57 heavy (non-hydrogen) atoms. The Labute approximate surface area is 330 Å². The first-order chi connectivity index (χ1) is 28.2. The molecule has 10 aromatic rings. The standard InChI is InChI=1S/C51H36N6/c1-55-46(36-22-10-4-11-23-36)33-47(54-50(55)37-24-12-5-13-25-37)56-44-28-16-14-26-38(44)40-30-31-41-39-27-15-17-29-45(39)57(49(41)48(40)56)51-52-42(34-18-6-2-7-19-34)32-43(53-51)35-20-8-3-9-21-35/h2-33,50H,1H3. The molecule has 6 heteroatoms. The van der Waals surface area contributed by atoms with E-state index >= 15 is 0 Å². The summed E-state index contributed by atoms with van der Waals surface area (Å²) in [6.07, 6.45) is 1.99. The molecule has 3 aromatic heterocycles. The first-order valence-corrected chi connectivity index (χ1v) is 19.3. The highest BCUT2D eigenvalue weighted by molar-refractivity contribution is 6.27. The van der Waals surface area contributed by atoms with E-state index in [1.54, 1.807) is 0 Å². The molecule has 1 unspecified atom stereocenters. The average Bonchev–Trinajstić information content (AvgIpc) is 3.81. The zero-order chi connectivity index (χ0) is 37.9. The van der Waals surface area contributed by atoms with E-state index in [2.05, 4.69) is 203 Å². The van der Waals surface area contributed by atoms with Gasteiger partial charge in [-0.1, -0.05) is 170 Å². The van der Waals surface area contributed by atoms with Crippen LogP contribution in [0.1, 0.15) is 17.3 Å². The molecule has 0 N–H and O–H groups in total. The Balaban J connectivity index is 1.27. The molecular weight excluding hydrogens is 697 g/mol. The van der Waals surface area contributed by atoms with E-state index < -0.39 is 0 Å². The minimum atomic E-state index is -0.248. The fourth-order valence-corrected chi connectivity index (χ4v) is 8.54. The Hall–Kier alpha value is -7.57. The molecule has 1 aliphatic rings. The van der Waals surface area contributed by atoms with Crippen LogP contribution >= 0.6 is 0 Å². The predicted octanol–water partition coefficient (Wildman–Crippen LogP) is 11.9. The van der Waals surface area contributed by atoms with Crippen LogP contribution in [-0.4, -0.2) is 36.9 Å². The van der Waals surface area contributed by atoms with Crippen LogP contribution in [0.25, 0.3) is 77.8 Å². The van der Waals surface area contributed by atoms with Crippen molar-refractivity contribution in [3.05, 3.63) is 205 Å². The van der Waals surface area contributed by atoms with Gasteiger partial charge in [0.2, 0.25) is 5.95 Å². The van der Waals surface area contributed by atoms with Crippen LogP contribution < -0.4 is 0 Å². The van der Waals surface area contributed by atoms with Crippen molar-refractivity contribution in [2.24, 2.45) is 4.99 Å². The molecule has 0 bridgehead atoms. The van der Waals surface area contributed by atoms with Crippen molar-refractivity contribution in [1.82, 2.24) is 24.0 Å². The van der Waals surface area contributed by atoms with Crippen molar-refractivity contribution in [3.63, 3.8) is 0 Å². The molecule has 0 radical (unpaired) electrons. The first kappa shape index (κ1) is 32.8. The molecule has 6 nitrogen and oxygen atoms in total. The van der Waals surface area contributed by atoms with Crippen molar-refractivity contribution in [2.45, 2.75) is 6.17 Å². The van der Waals surface area contributed by atoms with Gasteiger partial charge in [-0.2, -0.15) is 0 Å². The molecule has 0 amide bonds. The summed E-state index contributed by atoms with van der Waals surface area (Å²) in [4.78, 5) is 18.7. The third kappa shape index (κ3) is 5.37. The monoisotopic (exact) mass is 732 g/mol. The number of aromatic nitrogens is 4. The Morgan fingerprint density at radius 1 is 0.439 bits per heavy atom. The Kier molecular flexibility index (Phi) is 7.67. The quantitative estimate of drug-likeness (QED) is 0.177. The second-order valence-electron chi connectivity index (χ2n) is 14.5. The summed E-state index contributed by atoms with van der Waals surface area (Å²) in [7, 11) is 2.14. The van der Waals surface area contributed by atoms with E-state index in [0.29, 0.717) is 5.95 Å². The fourth-order valence-electron chi connectivity index (χ4n) is 8.54. The molecule has 0 aliphatic carbocycles. The summed E-state index contributed by atoms with van der Waals surface area (Å²) in [6, 6.07) is 65.9. The van der Waals surface area contributed by atoms with E-state index in [1.807, 2.05) is 12.1 Å². The van der Waals surface area contributed by atoms with Crippen LogP contribution in [0.15, 0.2) is 199 Å². The van der Waals surface area contributed by atoms with Crippen molar-refractivity contribution in [2.75, 3.05) is 7.05 Å². The van der Waals surface area contributed by atoms with Crippen LogP contribution in [0.2, 0.25) is 0 Å². The molecule has 0 saturated carbocycles. The smallest absolute Gasteiger partial charge is 0.235 e. The van der Waals surface area contributed by atoms with Gasteiger partial charge in [0.05, 0.1) is 33.5 Å². The maximum atomic E-state index is 5.61. The molecular formula is C51H36N6. The number of rotatable bonds is 5. The lowest BCUT2D eigenvalue weighted by Gasteiger charge is -2.34. The van der Waals surface area contributed by atoms with Crippen molar-refractivity contribution in [3.8, 4) is 28.5 Å². The summed E-state index contributed by atoms with van der Waals surface area (Å²) in [5, 5.41) is 4.55. The number of nitrogens with zero attached hydrogens (tertiary/aromatic N) is 6. The van der Waals surface area contributed by atoms with Gasteiger partial charge in [0.15, 0.2) is 0 Å². The predicted molar refractivity (Wildman–Crippen MR) is 234 cm³/mol. The Bertz CT molecular complexity index is 3120. The summed E-state index contributed by atoms with van der Waals surface area (Å²) < 4.78 is 4.64. The van der Waals surface area contributed by atoms with Crippen molar-refractivity contribution in [1.29, 1.82) is 0 Å². The molecule has 270 valence electrons. The molecule has 0 spiro atoms.